The first-order chi connectivity index (χ1) is 9.11. The van der Waals surface area contributed by atoms with Gasteiger partial charge in [0.15, 0.2) is 0 Å². The van der Waals surface area contributed by atoms with Gasteiger partial charge >= 0.3 is 0 Å². The van der Waals surface area contributed by atoms with Crippen LogP contribution in [-0.4, -0.2) is 34.7 Å². The van der Waals surface area contributed by atoms with E-state index in [-0.39, 0.29) is 11.6 Å². The molecule has 0 atom stereocenters. The predicted octanol–water partition coefficient (Wildman–Crippen LogP) is 1.51. The van der Waals surface area contributed by atoms with Gasteiger partial charge in [-0.2, -0.15) is 0 Å². The molecule has 0 unspecified atom stereocenters. The molecule has 1 aromatic heterocycles. The zero-order chi connectivity index (χ0) is 13.8. The molecule has 100 valence electrons. The first kappa shape index (κ1) is 12.9. The number of hydrogen-bond donors (Lipinski definition) is 3. The minimum atomic E-state index is 0.176. The number of aromatic hydroxyl groups is 1. The van der Waals surface area contributed by atoms with Crippen molar-refractivity contribution in [2.75, 3.05) is 18.5 Å². The van der Waals surface area contributed by atoms with E-state index in [4.69, 9.17) is 10.9 Å². The highest BCUT2D eigenvalue weighted by atomic mass is 16.4. The monoisotopic (exact) mass is 260 g/mol. The van der Waals surface area contributed by atoms with E-state index in [0.717, 1.165) is 16.6 Å². The summed E-state index contributed by atoms with van der Waals surface area (Å²) in [7, 11) is 1.87. The number of benzene rings is 1. The standard InChI is InChI=1S/C13H16N4O2/c1-17(7-5-12(14)16-19)13-11-8-10(18)3-2-9(11)4-6-15-13/h2-4,6,8,18-19H,5,7H2,1H3,(H2,14,16). The average Bonchev–Trinajstić information content (AvgIpc) is 2.43. The Bertz CT molecular complexity index is 613. The Morgan fingerprint density at radius 1 is 1.42 bits per heavy atom. The summed E-state index contributed by atoms with van der Waals surface area (Å²) in [5.74, 6) is 1.13. The zero-order valence-corrected chi connectivity index (χ0v) is 10.6. The number of phenolic OH excluding ortho intramolecular Hbond substituents is 1. The quantitative estimate of drug-likeness (QED) is 0.335. The number of aromatic nitrogens is 1. The second kappa shape index (κ2) is 5.43. The molecule has 6 nitrogen and oxygen atoms in total. The van der Waals surface area contributed by atoms with Crippen LogP contribution in [0.25, 0.3) is 10.8 Å². The normalized spacial score (nSPS) is 11.7. The van der Waals surface area contributed by atoms with E-state index < -0.39 is 0 Å². The van der Waals surface area contributed by atoms with Gasteiger partial charge in [0.1, 0.15) is 17.4 Å². The molecular weight excluding hydrogens is 244 g/mol. The molecule has 0 bridgehead atoms. The van der Waals surface area contributed by atoms with Crippen LogP contribution in [-0.2, 0) is 0 Å². The van der Waals surface area contributed by atoms with Crippen LogP contribution < -0.4 is 10.6 Å². The van der Waals surface area contributed by atoms with Gasteiger partial charge in [-0.3, -0.25) is 0 Å². The van der Waals surface area contributed by atoms with Crippen molar-refractivity contribution in [1.29, 1.82) is 0 Å². The van der Waals surface area contributed by atoms with Crippen LogP contribution in [0.2, 0.25) is 0 Å². The van der Waals surface area contributed by atoms with Crippen molar-refractivity contribution in [2.45, 2.75) is 6.42 Å². The van der Waals surface area contributed by atoms with Crippen LogP contribution >= 0.6 is 0 Å². The SMILES string of the molecule is CN(CC/C(N)=N/O)c1nccc2ccc(O)cc12. The molecule has 1 heterocycles. The summed E-state index contributed by atoms with van der Waals surface area (Å²) in [4.78, 5) is 6.23. The maximum atomic E-state index is 9.57. The molecule has 6 heteroatoms. The Morgan fingerprint density at radius 3 is 2.95 bits per heavy atom. The van der Waals surface area contributed by atoms with Crippen LogP contribution in [0, 0.1) is 0 Å². The van der Waals surface area contributed by atoms with Gasteiger partial charge in [0, 0.05) is 31.6 Å². The molecule has 0 aliphatic rings. The molecule has 0 spiro atoms. The minimum Gasteiger partial charge on any atom is -0.508 e. The summed E-state index contributed by atoms with van der Waals surface area (Å²) in [6, 6.07) is 7.04. The van der Waals surface area contributed by atoms with Gasteiger partial charge < -0.3 is 20.9 Å². The number of pyridine rings is 1. The number of phenols is 1. The summed E-state index contributed by atoms with van der Waals surface area (Å²) in [6.45, 7) is 0.567. The highest BCUT2D eigenvalue weighted by Crippen LogP contribution is 2.27. The fourth-order valence-electron chi connectivity index (χ4n) is 1.88. The third-order valence-corrected chi connectivity index (χ3v) is 2.92. The van der Waals surface area contributed by atoms with Crippen molar-refractivity contribution in [3.8, 4) is 5.75 Å². The Hall–Kier alpha value is -2.50. The summed E-state index contributed by atoms with van der Waals surface area (Å²) < 4.78 is 0. The maximum absolute atomic E-state index is 9.57. The van der Waals surface area contributed by atoms with Gasteiger partial charge in [0.05, 0.1) is 0 Å². The predicted molar refractivity (Wildman–Crippen MR) is 74.7 cm³/mol. The lowest BCUT2D eigenvalue weighted by atomic mass is 10.1. The van der Waals surface area contributed by atoms with E-state index in [9.17, 15) is 5.11 Å². The van der Waals surface area contributed by atoms with Crippen molar-refractivity contribution < 1.29 is 10.3 Å². The molecule has 0 aliphatic carbocycles. The van der Waals surface area contributed by atoms with E-state index >= 15 is 0 Å². The number of nitrogens with two attached hydrogens (primary N) is 1. The largest absolute Gasteiger partial charge is 0.508 e. The van der Waals surface area contributed by atoms with Gasteiger partial charge in [0.25, 0.3) is 0 Å². The van der Waals surface area contributed by atoms with Gasteiger partial charge in [0.2, 0.25) is 0 Å². The number of nitrogens with zero attached hydrogens (tertiary/aromatic N) is 3. The van der Waals surface area contributed by atoms with E-state index in [2.05, 4.69) is 10.1 Å². The highest BCUT2D eigenvalue weighted by molar-refractivity contribution is 5.93. The molecule has 0 radical (unpaired) electrons. The van der Waals surface area contributed by atoms with Crippen molar-refractivity contribution >= 4 is 22.4 Å². The van der Waals surface area contributed by atoms with Crippen LogP contribution in [0.3, 0.4) is 0 Å². The maximum Gasteiger partial charge on any atom is 0.140 e. The lowest BCUT2D eigenvalue weighted by Gasteiger charge is -2.19. The lowest BCUT2D eigenvalue weighted by molar-refractivity contribution is 0.317. The topological polar surface area (TPSA) is 95.0 Å². The van der Waals surface area contributed by atoms with Crippen molar-refractivity contribution in [3.63, 3.8) is 0 Å². The molecule has 1 aromatic carbocycles. The molecule has 0 saturated carbocycles. The van der Waals surface area contributed by atoms with Crippen LogP contribution in [0.1, 0.15) is 6.42 Å². The van der Waals surface area contributed by atoms with Crippen LogP contribution in [0.4, 0.5) is 5.82 Å². The second-order valence-electron chi connectivity index (χ2n) is 4.30. The van der Waals surface area contributed by atoms with E-state index in [1.807, 2.05) is 24.1 Å². The number of anilines is 1. The smallest absolute Gasteiger partial charge is 0.140 e. The molecule has 0 saturated heterocycles. The molecule has 4 N–H and O–H groups in total. The molecule has 0 aliphatic heterocycles. The summed E-state index contributed by atoms with van der Waals surface area (Å²) in [6.07, 6.45) is 2.15. The fraction of sp³-hybridized carbons (Fsp3) is 0.231. The summed E-state index contributed by atoms with van der Waals surface area (Å²) >= 11 is 0. The number of hydrogen-bond acceptors (Lipinski definition) is 5. The Morgan fingerprint density at radius 2 is 2.21 bits per heavy atom. The van der Waals surface area contributed by atoms with Crippen LogP contribution in [0.5, 0.6) is 5.75 Å². The van der Waals surface area contributed by atoms with E-state index in [1.54, 1.807) is 18.3 Å². The van der Waals surface area contributed by atoms with Crippen molar-refractivity contribution in [3.05, 3.63) is 30.5 Å². The zero-order valence-electron chi connectivity index (χ0n) is 10.6. The van der Waals surface area contributed by atoms with E-state index in [1.165, 1.54) is 0 Å². The van der Waals surface area contributed by atoms with E-state index in [0.29, 0.717) is 13.0 Å². The summed E-state index contributed by atoms with van der Waals surface area (Å²) in [5.41, 5.74) is 5.45. The van der Waals surface area contributed by atoms with Crippen LogP contribution in [0.15, 0.2) is 35.6 Å². The number of rotatable bonds is 4. The molecule has 2 rings (SSSR count). The molecule has 2 aromatic rings. The third kappa shape index (κ3) is 2.85. The fourth-order valence-corrected chi connectivity index (χ4v) is 1.88. The van der Waals surface area contributed by atoms with Crippen molar-refractivity contribution in [1.82, 2.24) is 4.98 Å². The van der Waals surface area contributed by atoms with Gasteiger partial charge in [-0.15, -0.1) is 0 Å². The van der Waals surface area contributed by atoms with Gasteiger partial charge in [-0.1, -0.05) is 11.2 Å². The molecular formula is C13H16N4O2. The number of amidine groups is 1. The molecule has 0 fully saturated rings. The minimum absolute atomic E-state index is 0.176. The molecule has 0 amide bonds. The summed E-state index contributed by atoms with van der Waals surface area (Å²) in [5, 5.41) is 22.9. The first-order valence-electron chi connectivity index (χ1n) is 5.87. The van der Waals surface area contributed by atoms with Gasteiger partial charge in [-0.05, 0) is 23.6 Å². The first-order valence-corrected chi connectivity index (χ1v) is 5.87. The van der Waals surface area contributed by atoms with Crippen molar-refractivity contribution in [2.24, 2.45) is 10.9 Å². The Labute approximate surface area is 110 Å². The number of oxime groups is 1. The average molecular weight is 260 g/mol. The highest BCUT2D eigenvalue weighted by Gasteiger charge is 2.09. The Balaban J connectivity index is 2.31. The molecule has 19 heavy (non-hydrogen) atoms. The second-order valence-corrected chi connectivity index (χ2v) is 4.30. The number of fused-ring (bicyclic) bond motifs is 1. The van der Waals surface area contributed by atoms with Gasteiger partial charge in [-0.25, -0.2) is 4.98 Å². The lowest BCUT2D eigenvalue weighted by Crippen LogP contribution is -2.25. The third-order valence-electron chi connectivity index (χ3n) is 2.92. The Kier molecular flexibility index (Phi) is 3.70.